The van der Waals surface area contributed by atoms with Gasteiger partial charge in [-0.15, -0.1) is 0 Å². The molecule has 1 aromatic carbocycles. The van der Waals surface area contributed by atoms with E-state index in [9.17, 15) is 35.9 Å². The molecule has 38 heavy (non-hydrogen) atoms. The van der Waals surface area contributed by atoms with E-state index in [0.29, 0.717) is 56.6 Å². The molecule has 208 valence electrons. The van der Waals surface area contributed by atoms with E-state index >= 15 is 0 Å². The zero-order valence-electron chi connectivity index (χ0n) is 20.6. The van der Waals surface area contributed by atoms with Crippen LogP contribution in [0.5, 0.6) is 0 Å². The summed E-state index contributed by atoms with van der Waals surface area (Å²) in [5.74, 6) is -1.37. The van der Waals surface area contributed by atoms with Crippen LogP contribution in [0.25, 0.3) is 0 Å². The molecule has 1 saturated heterocycles. The zero-order valence-corrected chi connectivity index (χ0v) is 20.6. The monoisotopic (exact) mass is 547 g/mol. The third kappa shape index (κ3) is 5.82. The lowest BCUT2D eigenvalue weighted by Crippen LogP contribution is -2.40. The summed E-state index contributed by atoms with van der Waals surface area (Å²) in [6.07, 6.45) is -7.74. The van der Waals surface area contributed by atoms with E-state index < -0.39 is 35.0 Å². The number of aryl methyl sites for hydroxylation is 2. The van der Waals surface area contributed by atoms with E-state index in [0.717, 1.165) is 18.4 Å². The molecule has 13 heteroatoms. The predicted octanol–water partition coefficient (Wildman–Crippen LogP) is 4.81. The molecule has 2 aromatic rings. The Bertz CT molecular complexity index is 1200. The molecule has 2 aliphatic rings. The lowest BCUT2D eigenvalue weighted by atomic mass is 9.75. The predicted molar refractivity (Wildman–Crippen MR) is 121 cm³/mol. The van der Waals surface area contributed by atoms with Gasteiger partial charge in [0.05, 0.1) is 29.0 Å². The second-order valence-electron chi connectivity index (χ2n) is 9.56. The highest BCUT2D eigenvalue weighted by molar-refractivity contribution is 5.95. The summed E-state index contributed by atoms with van der Waals surface area (Å²) in [4.78, 5) is 25.2. The van der Waals surface area contributed by atoms with Gasteiger partial charge in [-0.3, -0.25) is 9.48 Å². The van der Waals surface area contributed by atoms with Gasteiger partial charge < -0.3 is 14.8 Å². The first kappa shape index (κ1) is 27.9. The number of halogens is 6. The molecule has 4 rings (SSSR count). The maximum Gasteiger partial charge on any atom is 0.417 e. The second-order valence-corrected chi connectivity index (χ2v) is 9.56. The van der Waals surface area contributed by atoms with E-state index in [1.54, 1.807) is 4.68 Å². The molecule has 1 aromatic heterocycles. The Kier molecular flexibility index (Phi) is 7.78. The van der Waals surface area contributed by atoms with Crippen LogP contribution in [0, 0.1) is 5.41 Å². The molecule has 3 heterocycles. The fourth-order valence-corrected chi connectivity index (χ4v) is 5.01. The Hall–Kier alpha value is -3.09. The Morgan fingerprint density at radius 2 is 1.82 bits per heavy atom. The maximum atomic E-state index is 13.2. The highest BCUT2D eigenvalue weighted by Crippen LogP contribution is 2.41. The largest absolute Gasteiger partial charge is 0.462 e. The first-order chi connectivity index (χ1) is 17.8. The van der Waals surface area contributed by atoms with Crippen LogP contribution in [-0.4, -0.2) is 48.0 Å². The number of carbonyl (C=O) groups is 2. The number of fused-ring (bicyclic) bond motifs is 1. The Labute approximate surface area is 214 Å². The summed E-state index contributed by atoms with van der Waals surface area (Å²) in [5.41, 5.74) is -2.62. The van der Waals surface area contributed by atoms with Gasteiger partial charge in [0.1, 0.15) is 5.69 Å². The van der Waals surface area contributed by atoms with Crippen LogP contribution < -0.4 is 5.32 Å². The van der Waals surface area contributed by atoms with Crippen molar-refractivity contribution in [1.29, 1.82) is 0 Å². The molecule has 7 nitrogen and oxygen atoms in total. The van der Waals surface area contributed by atoms with Crippen molar-refractivity contribution >= 4 is 11.9 Å². The molecule has 1 amide bonds. The quantitative estimate of drug-likeness (QED) is 0.319. The van der Waals surface area contributed by atoms with Gasteiger partial charge in [-0.1, -0.05) is 0 Å². The number of hydrogen-bond donors (Lipinski definition) is 1. The van der Waals surface area contributed by atoms with Crippen molar-refractivity contribution in [1.82, 2.24) is 15.1 Å². The van der Waals surface area contributed by atoms with Crippen LogP contribution in [-0.2, 0) is 41.2 Å². The number of aromatic nitrogens is 2. The van der Waals surface area contributed by atoms with Crippen molar-refractivity contribution in [3.63, 3.8) is 0 Å². The number of ether oxygens (including phenoxy) is 2. The fraction of sp³-hybridized carbons (Fsp3) is 0.560. The normalized spacial score (nSPS) is 17.6. The fourth-order valence-electron chi connectivity index (χ4n) is 5.01. The number of esters is 1. The Morgan fingerprint density at radius 3 is 2.45 bits per heavy atom. The second kappa shape index (κ2) is 10.6. The molecular weight excluding hydrogens is 520 g/mol. The molecule has 0 bridgehead atoms. The molecule has 0 atom stereocenters. The molecule has 1 fully saturated rings. The Balaban J connectivity index is 1.45. The van der Waals surface area contributed by atoms with Crippen LogP contribution >= 0.6 is 0 Å². The highest BCUT2D eigenvalue weighted by Gasteiger charge is 2.43. The van der Waals surface area contributed by atoms with Gasteiger partial charge in [0.2, 0.25) is 0 Å². The van der Waals surface area contributed by atoms with Crippen molar-refractivity contribution in [2.45, 2.75) is 57.9 Å². The first-order valence-electron chi connectivity index (χ1n) is 12.2. The number of alkyl halides is 6. The van der Waals surface area contributed by atoms with Crippen LogP contribution in [0.2, 0.25) is 0 Å². The van der Waals surface area contributed by atoms with Crippen LogP contribution in [0.1, 0.15) is 69.4 Å². The topological polar surface area (TPSA) is 82.5 Å². The summed E-state index contributed by atoms with van der Waals surface area (Å²) < 4.78 is 90.7. The summed E-state index contributed by atoms with van der Waals surface area (Å²) in [6, 6.07) is 1.04. The van der Waals surface area contributed by atoms with E-state index in [-0.39, 0.29) is 36.5 Å². The summed E-state index contributed by atoms with van der Waals surface area (Å²) in [6.45, 7) is 3.85. The van der Waals surface area contributed by atoms with E-state index in [2.05, 4.69) is 10.4 Å². The van der Waals surface area contributed by atoms with Crippen molar-refractivity contribution in [3.05, 3.63) is 51.8 Å². The number of amides is 1. The highest BCUT2D eigenvalue weighted by atomic mass is 19.4. The molecular formula is C25H27F6N3O4. The van der Waals surface area contributed by atoms with Crippen molar-refractivity contribution in [2.75, 3.05) is 26.4 Å². The average Bonchev–Trinajstić information content (AvgIpc) is 3.14. The zero-order chi connectivity index (χ0) is 27.7. The van der Waals surface area contributed by atoms with Gasteiger partial charge in [0.25, 0.3) is 5.91 Å². The van der Waals surface area contributed by atoms with Gasteiger partial charge in [-0.2, -0.15) is 31.4 Å². The third-order valence-corrected chi connectivity index (χ3v) is 7.03. The molecule has 0 unspecified atom stereocenters. The molecule has 1 spiro atoms. The molecule has 1 N–H and O–H groups in total. The Morgan fingerprint density at radius 1 is 1.13 bits per heavy atom. The lowest BCUT2D eigenvalue weighted by molar-refractivity contribution is -0.162. The van der Waals surface area contributed by atoms with Gasteiger partial charge in [-0.05, 0) is 62.6 Å². The number of nitrogens with one attached hydrogen (secondary N) is 1. The van der Waals surface area contributed by atoms with Gasteiger partial charge in [-0.25, -0.2) is 4.79 Å². The summed E-state index contributed by atoms with van der Waals surface area (Å²) in [7, 11) is 0. The maximum absolute atomic E-state index is 13.2. The standard InChI is InChI=1S/C25H27F6N3O4/c1-2-34-20-16(13-23(14-32-21(20)35)7-10-37-11-8-23)19(33-34)4-3-9-38-22(36)15-5-6-17(24(26,27)28)18(12-15)25(29,30)31/h5-6,12H,2-4,7-11,13-14H2,1H3,(H,32,35). The average molecular weight is 547 g/mol. The number of nitrogens with zero attached hydrogens (tertiary/aromatic N) is 2. The summed E-state index contributed by atoms with van der Waals surface area (Å²) >= 11 is 0. The number of hydrogen-bond acceptors (Lipinski definition) is 5. The van der Waals surface area contributed by atoms with E-state index in [1.807, 2.05) is 6.92 Å². The molecule has 0 radical (unpaired) electrons. The smallest absolute Gasteiger partial charge is 0.417 e. The lowest BCUT2D eigenvalue weighted by Gasteiger charge is -2.36. The van der Waals surface area contributed by atoms with Gasteiger partial charge >= 0.3 is 18.3 Å². The minimum Gasteiger partial charge on any atom is -0.462 e. The minimum atomic E-state index is -5.30. The van der Waals surface area contributed by atoms with Crippen LogP contribution in [0.4, 0.5) is 26.3 Å². The van der Waals surface area contributed by atoms with Crippen molar-refractivity contribution in [2.24, 2.45) is 5.41 Å². The van der Waals surface area contributed by atoms with E-state index in [1.165, 1.54) is 0 Å². The summed E-state index contributed by atoms with van der Waals surface area (Å²) in [5, 5.41) is 7.58. The third-order valence-electron chi connectivity index (χ3n) is 7.03. The van der Waals surface area contributed by atoms with Crippen molar-refractivity contribution < 1.29 is 45.4 Å². The molecule has 0 aliphatic carbocycles. The first-order valence-corrected chi connectivity index (χ1v) is 12.2. The number of carbonyl (C=O) groups excluding carboxylic acids is 2. The SMILES string of the molecule is CCn1nc(CCCOC(=O)c2ccc(C(F)(F)F)c(C(F)(F)F)c2)c2c1C(=O)NCC1(CCOCC1)C2. The minimum absolute atomic E-state index is 0.152. The van der Waals surface area contributed by atoms with Gasteiger partial charge in [0, 0.05) is 31.9 Å². The number of benzene rings is 1. The van der Waals surface area contributed by atoms with Crippen LogP contribution in [0.3, 0.4) is 0 Å². The molecule has 2 aliphatic heterocycles. The van der Waals surface area contributed by atoms with E-state index in [4.69, 9.17) is 9.47 Å². The van der Waals surface area contributed by atoms with Crippen LogP contribution in [0.15, 0.2) is 18.2 Å². The van der Waals surface area contributed by atoms with Gasteiger partial charge in [0.15, 0.2) is 0 Å². The molecule has 0 saturated carbocycles. The number of rotatable bonds is 6. The van der Waals surface area contributed by atoms with Crippen molar-refractivity contribution in [3.8, 4) is 0 Å².